The third kappa shape index (κ3) is 31.0. The number of H-pyrrole nitrogens is 1. The third-order valence-corrected chi connectivity index (χ3v) is 25.7. The van der Waals surface area contributed by atoms with Gasteiger partial charge in [0.1, 0.15) is 96.9 Å². The summed E-state index contributed by atoms with van der Waals surface area (Å²) >= 11 is 0.804. The van der Waals surface area contributed by atoms with Gasteiger partial charge in [-0.05, 0) is 124 Å². The summed E-state index contributed by atoms with van der Waals surface area (Å²) in [7, 11) is 3.98. The number of nitrogens with two attached hydrogens (primary N) is 4. The number of aliphatic carboxylic acids is 1. The van der Waals surface area contributed by atoms with Crippen LogP contribution in [-0.4, -0.2) is 318 Å². The summed E-state index contributed by atoms with van der Waals surface area (Å²) < 4.78 is 1.44. The Hall–Kier alpha value is -13.0. The number of guanidine groups is 1. The SMILES string of the molecule is CCCC[C@H]1C(=O)N(C)[C@@H](CCCC)C(=O)N[C@@H](CC(C)C)C(=O)N[C@H](C(=O)NCC(N)=O)CSCC(=O)N[C@@H](Cc2ccc(O)cc2)C(=O)N(C)[C@@H](C)C(=O)N[C@H](CCCNC(=N)N)C(=O)N2CCC[C@H]2C(=O)N[C@@H](CN)C(=O)N[C@@H](CC(C)C)C(=O)N2C[C@H](O)C[C@H]2C(=O)N[C@@H](Cc2c[nH]c3ccccc23)C(=O)N[C@@H](CCN)C(=O)N[C@@H](Cc2cn(CC(=O)O)c3ccccc23)C(=O)N1C. The van der Waals surface area contributed by atoms with Crippen LogP contribution in [0, 0.1) is 17.2 Å². The van der Waals surface area contributed by atoms with Crippen LogP contribution in [0.1, 0.15) is 155 Å². The lowest BCUT2D eigenvalue weighted by Crippen LogP contribution is -2.61. The van der Waals surface area contributed by atoms with Gasteiger partial charge in [-0.25, -0.2) is 0 Å². The number of primary amides is 1. The summed E-state index contributed by atoms with van der Waals surface area (Å²) in [5.74, 6) is -17.4. The predicted molar refractivity (Wildman–Crippen MR) is 510 cm³/mol. The van der Waals surface area contributed by atoms with Crippen molar-refractivity contribution in [1.29, 1.82) is 5.41 Å². The largest absolute Gasteiger partial charge is 0.508 e. The number of aliphatic hydroxyl groups excluding tert-OH is 1. The molecule has 8 rings (SSSR count). The number of unbranched alkanes of at least 4 members (excludes halogenated alkanes) is 2. The molecule has 750 valence electrons. The number of likely N-dealkylation sites (N-methyl/N-ethyl adjacent to an activating group) is 3. The van der Waals surface area contributed by atoms with Crippen LogP contribution >= 0.6 is 11.8 Å². The van der Waals surface area contributed by atoms with E-state index < -0.39 is 235 Å². The van der Waals surface area contributed by atoms with E-state index in [1.807, 2.05) is 13.8 Å². The molecule has 0 bridgehead atoms. The molecule has 0 aliphatic carbocycles. The molecule has 2 aromatic heterocycles. The first-order chi connectivity index (χ1) is 65.1. The Bertz CT molecular complexity index is 5110. The molecule has 44 heteroatoms. The van der Waals surface area contributed by atoms with Gasteiger partial charge in [0, 0.05) is 113 Å². The van der Waals surface area contributed by atoms with E-state index in [9.17, 15) is 58.5 Å². The zero-order valence-electron chi connectivity index (χ0n) is 79.5. The van der Waals surface area contributed by atoms with Gasteiger partial charge in [-0.2, -0.15) is 0 Å². The van der Waals surface area contributed by atoms with Crippen molar-refractivity contribution in [3.8, 4) is 5.75 Å². The van der Waals surface area contributed by atoms with Crippen molar-refractivity contribution >= 4 is 140 Å². The molecule has 0 spiro atoms. The van der Waals surface area contributed by atoms with Gasteiger partial charge in [-0.3, -0.25) is 86.9 Å². The molecule has 5 heterocycles. The molecule has 3 fully saturated rings. The monoisotopic (exact) mass is 1930 g/mol. The molecule has 24 N–H and O–H groups in total. The normalized spacial score (nSPS) is 24.6. The molecular formula is C93H137N23O20S. The minimum absolute atomic E-state index is 0.00709. The van der Waals surface area contributed by atoms with Crippen LogP contribution in [0.4, 0.5) is 0 Å². The number of phenolic OH excluding ortho intramolecular Hbond substituents is 1. The summed E-state index contributed by atoms with van der Waals surface area (Å²) in [6, 6.07) is -1.36. The minimum Gasteiger partial charge on any atom is -0.508 e. The molecule has 16 amide bonds. The Labute approximate surface area is 800 Å². The Kier molecular flexibility index (Phi) is 41.8. The first-order valence-electron chi connectivity index (χ1n) is 46.6. The number of phenols is 1. The van der Waals surface area contributed by atoms with E-state index in [1.54, 1.807) is 82.4 Å². The van der Waals surface area contributed by atoms with E-state index >= 15 is 38.4 Å². The van der Waals surface area contributed by atoms with Crippen molar-refractivity contribution in [3.05, 3.63) is 102 Å². The number of hydrogen-bond donors (Lipinski definition) is 20. The predicted octanol–water partition coefficient (Wildman–Crippen LogP) is -1.85. The molecule has 43 nitrogen and oxygen atoms in total. The fourth-order valence-corrected chi connectivity index (χ4v) is 18.0. The van der Waals surface area contributed by atoms with Gasteiger partial charge in [0.15, 0.2) is 5.96 Å². The second kappa shape index (κ2) is 52.4. The van der Waals surface area contributed by atoms with E-state index in [0.29, 0.717) is 64.2 Å². The second-order valence-electron chi connectivity index (χ2n) is 36.1. The van der Waals surface area contributed by atoms with Crippen LogP contribution in [0.15, 0.2) is 85.2 Å². The highest BCUT2D eigenvalue weighted by molar-refractivity contribution is 8.00. The number of aliphatic hydroxyl groups is 1. The van der Waals surface area contributed by atoms with Crippen molar-refractivity contribution in [2.75, 3.05) is 71.9 Å². The van der Waals surface area contributed by atoms with E-state index in [2.05, 4.69) is 63.5 Å². The van der Waals surface area contributed by atoms with Crippen LogP contribution in [0.25, 0.3) is 21.8 Å². The summed E-state index contributed by atoms with van der Waals surface area (Å²) in [5.41, 5.74) is 26.0. The van der Waals surface area contributed by atoms with Gasteiger partial charge in [0.25, 0.3) is 0 Å². The molecule has 0 unspecified atom stereocenters. The summed E-state index contributed by atoms with van der Waals surface area (Å²) in [5, 5.41) is 70.4. The number of carbonyl (C=O) groups is 17. The Morgan fingerprint density at radius 2 is 1.11 bits per heavy atom. The Morgan fingerprint density at radius 1 is 0.555 bits per heavy atom. The molecule has 0 radical (unpaired) electrons. The molecule has 3 aliphatic rings. The number of aromatic nitrogens is 2. The van der Waals surface area contributed by atoms with E-state index in [0.717, 1.165) is 26.5 Å². The number of thioether (sulfide) groups is 1. The van der Waals surface area contributed by atoms with Crippen LogP contribution in [0.5, 0.6) is 5.75 Å². The first kappa shape index (κ1) is 109. The van der Waals surface area contributed by atoms with Crippen molar-refractivity contribution < 1.29 is 96.8 Å². The number of carbonyl (C=O) groups excluding carboxylic acids is 16. The van der Waals surface area contributed by atoms with Crippen molar-refractivity contribution in [3.63, 3.8) is 0 Å². The fourth-order valence-electron chi connectivity index (χ4n) is 17.2. The standard InChI is InChI=1S/C93H137N23O20S/c1-11-13-25-72-85(129)105-64(37-51(3)4)82(126)110-70(80(124)101-45-76(96)119)49-137-50-77(120)102-67(39-54-29-31-57(117)32-30-54)88(132)111(8)53(7)79(123)104-63(24-19-35-99-93(97)98)90(134)115-36-20-28-73(115)86(130)109-69(43-95)84(128)107-66(38-52(5)6)91(135)116-47-58(118)42-75(116)87(131)106-65(40-55-44-100-61-23-17-15-21-59(55)61)83(127)103-62(33-34-94)81(125)108-68(89(133)113(10)74(26-14-12-2)92(136)112(72)9)41-56-46-114(48-78(121)122)71-27-18-16-22-60(56)71/h15-18,21-23,27,29-32,44,46,51-53,58,62-70,72-75,100,117-118H,11-14,19-20,24-26,28,33-43,45,47-50,94-95H2,1-10H3,(H2,96,119)(H,101,124)(H,102,120)(H,103,127)(H,104,123)(H,105,129)(H,106,131)(H,107,128)(H,108,125)(H,109,130)(H,110,126)(H,121,122)(H4,97,98,99)/t53-,58+,62-,63+,64-,65-,66-,67-,68-,69-,70-,72-,73-,74-,75-/m0/s1. The highest BCUT2D eigenvalue weighted by Gasteiger charge is 2.47. The third-order valence-electron chi connectivity index (χ3n) is 24.7. The van der Waals surface area contributed by atoms with E-state index in [1.165, 1.54) is 72.9 Å². The van der Waals surface area contributed by atoms with Crippen molar-refractivity contribution in [2.24, 2.45) is 34.8 Å². The number of aromatic hydroxyl groups is 1. The molecule has 3 aliphatic heterocycles. The second-order valence-corrected chi connectivity index (χ2v) is 37.2. The zero-order valence-corrected chi connectivity index (χ0v) is 80.3. The van der Waals surface area contributed by atoms with Gasteiger partial charge >= 0.3 is 5.97 Å². The Morgan fingerprint density at radius 3 is 1.76 bits per heavy atom. The van der Waals surface area contributed by atoms with Gasteiger partial charge in [0.2, 0.25) is 94.5 Å². The number of carboxylic acid groups (broad SMARTS) is 1. The maximum atomic E-state index is 16.0. The van der Waals surface area contributed by atoms with E-state index in [-0.39, 0.29) is 121 Å². The number of carboxylic acids is 1. The van der Waals surface area contributed by atoms with Gasteiger partial charge in [-0.1, -0.05) is 116 Å². The number of aromatic amines is 1. The maximum Gasteiger partial charge on any atom is 0.323 e. The lowest BCUT2D eigenvalue weighted by Gasteiger charge is -2.36. The molecule has 15 atom stereocenters. The molecule has 3 aromatic carbocycles. The lowest BCUT2D eigenvalue weighted by molar-refractivity contribution is -0.149. The molecule has 0 saturated carbocycles. The van der Waals surface area contributed by atoms with Crippen LogP contribution in [-0.2, 0) is 107 Å². The molecular weight excluding hydrogens is 1790 g/mol. The first-order valence-corrected chi connectivity index (χ1v) is 47.8. The van der Waals surface area contributed by atoms with Gasteiger partial charge < -0.3 is 131 Å². The van der Waals surface area contributed by atoms with E-state index in [4.69, 9.17) is 28.3 Å². The minimum atomic E-state index is -1.66. The van der Waals surface area contributed by atoms with Crippen molar-refractivity contribution in [2.45, 2.75) is 255 Å². The van der Waals surface area contributed by atoms with Crippen LogP contribution in [0.2, 0.25) is 0 Å². The number of nitrogens with one attached hydrogen (secondary N) is 13. The lowest BCUT2D eigenvalue weighted by atomic mass is 9.99. The van der Waals surface area contributed by atoms with Gasteiger partial charge in [-0.15, -0.1) is 11.8 Å². The highest BCUT2D eigenvalue weighted by Crippen LogP contribution is 2.29. The number of para-hydroxylation sites is 2. The molecule has 5 aromatic rings. The number of nitrogens with zero attached hydrogens (tertiary/aromatic N) is 6. The number of benzene rings is 3. The number of fused-ring (bicyclic) bond motifs is 4. The zero-order chi connectivity index (χ0) is 101. The van der Waals surface area contributed by atoms with Crippen LogP contribution < -0.4 is 81.4 Å². The quantitative estimate of drug-likeness (QED) is 0.0148. The van der Waals surface area contributed by atoms with Gasteiger partial charge in [0.05, 0.1) is 18.4 Å². The molecule has 3 saturated heterocycles. The summed E-state index contributed by atoms with van der Waals surface area (Å²) in [6.45, 7) is 9.58. The maximum absolute atomic E-state index is 16.0. The number of amides is 16. The summed E-state index contributed by atoms with van der Waals surface area (Å²) in [6.07, 6.45) is 2.00. The smallest absolute Gasteiger partial charge is 0.323 e. The number of rotatable bonds is 28. The average Bonchev–Trinajstić information content (AvgIpc) is 1.64. The topological polar surface area (TPSA) is 648 Å². The highest BCUT2D eigenvalue weighted by atomic mass is 32.2. The van der Waals surface area contributed by atoms with Crippen molar-refractivity contribution in [1.82, 2.24) is 92.5 Å². The molecule has 137 heavy (non-hydrogen) atoms. The summed E-state index contributed by atoms with van der Waals surface area (Å²) in [4.78, 5) is 259. The van der Waals surface area contributed by atoms with Crippen LogP contribution in [0.3, 0.4) is 0 Å². The Balaban J connectivity index is 1.21. The average molecular weight is 1930 g/mol. The number of hydrogen-bond acceptors (Lipinski definition) is 23. The fraction of sp³-hybridized carbons (Fsp3) is 0.570.